The number of benzene rings is 1. The van der Waals surface area contributed by atoms with Crippen molar-refractivity contribution in [2.24, 2.45) is 5.11 Å². The fourth-order valence-electron chi connectivity index (χ4n) is 1.43. The molecule has 0 amide bonds. The normalized spacial score (nSPS) is 11.1. The van der Waals surface area contributed by atoms with E-state index < -0.39 is 0 Å². The molecule has 1 aromatic rings. The predicted molar refractivity (Wildman–Crippen MR) is 64.8 cm³/mol. The molecule has 0 aliphatic heterocycles. The summed E-state index contributed by atoms with van der Waals surface area (Å²) in [6, 6.07) is 7.13. The lowest BCUT2D eigenvalue weighted by Gasteiger charge is -2.14. The van der Waals surface area contributed by atoms with Gasteiger partial charge in [-0.15, -0.1) is 6.58 Å². The third-order valence-corrected chi connectivity index (χ3v) is 2.24. The molecule has 5 heteroatoms. The van der Waals surface area contributed by atoms with Gasteiger partial charge in [-0.1, -0.05) is 35.5 Å². The van der Waals surface area contributed by atoms with Gasteiger partial charge in [-0.3, -0.25) is 4.79 Å². The SMILES string of the molecule is C=CC(COC(C)=O)c1ccccc1N=[N+]=[N-]. The van der Waals surface area contributed by atoms with Crippen LogP contribution in [0.2, 0.25) is 0 Å². The van der Waals surface area contributed by atoms with Crippen LogP contribution in [0.5, 0.6) is 0 Å². The van der Waals surface area contributed by atoms with Gasteiger partial charge in [0.1, 0.15) is 6.61 Å². The smallest absolute Gasteiger partial charge is 0.302 e. The van der Waals surface area contributed by atoms with Crippen LogP contribution in [0, 0.1) is 0 Å². The van der Waals surface area contributed by atoms with Crippen LogP contribution in [0.3, 0.4) is 0 Å². The van der Waals surface area contributed by atoms with Gasteiger partial charge in [0, 0.05) is 23.4 Å². The van der Waals surface area contributed by atoms with Crippen LogP contribution >= 0.6 is 0 Å². The van der Waals surface area contributed by atoms with Gasteiger partial charge >= 0.3 is 5.97 Å². The Hall–Kier alpha value is -2.26. The largest absolute Gasteiger partial charge is 0.465 e. The summed E-state index contributed by atoms with van der Waals surface area (Å²) in [5.74, 6) is -0.529. The van der Waals surface area contributed by atoms with E-state index in [0.717, 1.165) is 5.56 Å². The fraction of sp³-hybridized carbons (Fsp3) is 0.250. The Kier molecular flexibility index (Phi) is 4.78. The van der Waals surface area contributed by atoms with Crippen molar-refractivity contribution in [3.63, 3.8) is 0 Å². The van der Waals surface area contributed by atoms with Gasteiger partial charge in [0.15, 0.2) is 0 Å². The molecule has 0 bridgehead atoms. The lowest BCUT2D eigenvalue weighted by molar-refractivity contribution is -0.141. The van der Waals surface area contributed by atoms with Crippen LogP contribution in [0.4, 0.5) is 5.69 Å². The van der Waals surface area contributed by atoms with Crippen molar-refractivity contribution >= 4 is 11.7 Å². The average molecular weight is 231 g/mol. The summed E-state index contributed by atoms with van der Waals surface area (Å²) in [4.78, 5) is 13.5. The number of ether oxygens (including phenoxy) is 1. The maximum absolute atomic E-state index is 10.8. The molecule has 0 aromatic heterocycles. The van der Waals surface area contributed by atoms with Gasteiger partial charge in [0.25, 0.3) is 0 Å². The highest BCUT2D eigenvalue weighted by molar-refractivity contribution is 5.66. The summed E-state index contributed by atoms with van der Waals surface area (Å²) < 4.78 is 4.94. The second-order valence-corrected chi connectivity index (χ2v) is 3.39. The number of hydrogen-bond acceptors (Lipinski definition) is 3. The minimum atomic E-state index is -0.349. The van der Waals surface area contributed by atoms with Crippen molar-refractivity contribution in [3.8, 4) is 0 Å². The first kappa shape index (κ1) is 12.8. The van der Waals surface area contributed by atoms with Crippen LogP contribution in [-0.2, 0) is 9.53 Å². The molecule has 0 radical (unpaired) electrons. The van der Waals surface area contributed by atoms with Crippen LogP contribution in [0.25, 0.3) is 10.4 Å². The predicted octanol–water partition coefficient (Wildman–Crippen LogP) is 3.46. The molecule has 88 valence electrons. The van der Waals surface area contributed by atoms with Gasteiger partial charge in [-0.2, -0.15) is 0 Å². The number of carbonyl (C=O) groups excluding carboxylic acids is 1. The van der Waals surface area contributed by atoms with Gasteiger partial charge in [0.2, 0.25) is 0 Å². The summed E-state index contributed by atoms with van der Waals surface area (Å²) in [5.41, 5.74) is 9.78. The highest BCUT2D eigenvalue weighted by Crippen LogP contribution is 2.28. The molecule has 1 atom stereocenters. The topological polar surface area (TPSA) is 75.1 Å². The number of hydrogen-bond donors (Lipinski definition) is 0. The third-order valence-electron chi connectivity index (χ3n) is 2.24. The van der Waals surface area contributed by atoms with E-state index >= 15 is 0 Å². The van der Waals surface area contributed by atoms with Crippen molar-refractivity contribution in [1.29, 1.82) is 0 Å². The van der Waals surface area contributed by atoms with Crippen molar-refractivity contribution in [2.75, 3.05) is 6.61 Å². The zero-order chi connectivity index (χ0) is 12.7. The molecule has 0 fully saturated rings. The maximum atomic E-state index is 10.8. The maximum Gasteiger partial charge on any atom is 0.302 e. The van der Waals surface area contributed by atoms with E-state index in [1.54, 1.807) is 18.2 Å². The minimum Gasteiger partial charge on any atom is -0.465 e. The molecule has 5 nitrogen and oxygen atoms in total. The Morgan fingerprint density at radius 1 is 1.65 bits per heavy atom. The molecule has 0 spiro atoms. The van der Waals surface area contributed by atoms with E-state index in [1.807, 2.05) is 12.1 Å². The lowest BCUT2D eigenvalue weighted by Crippen LogP contribution is -2.08. The molecule has 0 aliphatic rings. The van der Waals surface area contributed by atoms with E-state index in [1.165, 1.54) is 6.92 Å². The Balaban J connectivity index is 2.98. The fourth-order valence-corrected chi connectivity index (χ4v) is 1.43. The molecule has 0 saturated heterocycles. The minimum absolute atomic E-state index is 0.180. The van der Waals surface area contributed by atoms with E-state index in [4.69, 9.17) is 10.3 Å². The molecule has 17 heavy (non-hydrogen) atoms. The van der Waals surface area contributed by atoms with Gasteiger partial charge in [0.05, 0.1) is 0 Å². The van der Waals surface area contributed by atoms with Gasteiger partial charge < -0.3 is 4.74 Å². The summed E-state index contributed by atoms with van der Waals surface area (Å²) >= 11 is 0. The first-order valence-electron chi connectivity index (χ1n) is 5.09. The molecule has 0 heterocycles. The van der Waals surface area contributed by atoms with Gasteiger partial charge in [-0.05, 0) is 11.1 Å². The molecule has 1 unspecified atom stereocenters. The summed E-state index contributed by atoms with van der Waals surface area (Å²) in [6.45, 7) is 5.23. The Morgan fingerprint density at radius 2 is 2.35 bits per heavy atom. The number of nitrogens with zero attached hydrogens (tertiary/aromatic N) is 3. The van der Waals surface area contributed by atoms with Crippen molar-refractivity contribution < 1.29 is 9.53 Å². The van der Waals surface area contributed by atoms with Crippen molar-refractivity contribution in [3.05, 3.63) is 52.9 Å². The Bertz CT molecular complexity index is 465. The average Bonchev–Trinajstić information content (AvgIpc) is 2.32. The van der Waals surface area contributed by atoms with Crippen LogP contribution < -0.4 is 0 Å². The zero-order valence-electron chi connectivity index (χ0n) is 9.54. The standard InChI is InChI=1S/C12H13N3O2/c1-3-10(8-17-9(2)16)11-6-4-5-7-12(11)14-15-13/h3-7,10H,1,8H2,2H3. The summed E-state index contributed by atoms with van der Waals surface area (Å²) in [7, 11) is 0. The lowest BCUT2D eigenvalue weighted by atomic mass is 9.98. The van der Waals surface area contributed by atoms with Crippen LogP contribution in [0.15, 0.2) is 42.0 Å². The van der Waals surface area contributed by atoms with Gasteiger partial charge in [-0.25, -0.2) is 0 Å². The first-order chi connectivity index (χ1) is 8.19. The molecule has 0 N–H and O–H groups in total. The molecular weight excluding hydrogens is 218 g/mol. The Morgan fingerprint density at radius 3 is 2.94 bits per heavy atom. The van der Waals surface area contributed by atoms with E-state index in [2.05, 4.69) is 16.6 Å². The summed E-state index contributed by atoms with van der Waals surface area (Å²) in [5, 5.41) is 3.59. The van der Waals surface area contributed by atoms with Crippen molar-refractivity contribution in [1.82, 2.24) is 0 Å². The quantitative estimate of drug-likeness (QED) is 0.256. The van der Waals surface area contributed by atoms with Crippen LogP contribution in [0.1, 0.15) is 18.4 Å². The first-order valence-corrected chi connectivity index (χ1v) is 5.09. The number of carbonyl (C=O) groups is 1. The molecule has 1 rings (SSSR count). The summed E-state index contributed by atoms with van der Waals surface area (Å²) in [6.07, 6.45) is 1.66. The Labute approximate surface area is 99.3 Å². The third kappa shape index (κ3) is 3.66. The number of esters is 1. The number of rotatable bonds is 5. The second kappa shape index (κ2) is 6.35. The number of azide groups is 1. The van der Waals surface area contributed by atoms with E-state index in [-0.39, 0.29) is 18.5 Å². The highest BCUT2D eigenvalue weighted by atomic mass is 16.5. The van der Waals surface area contributed by atoms with E-state index in [9.17, 15) is 4.79 Å². The zero-order valence-corrected chi connectivity index (χ0v) is 9.54. The highest BCUT2D eigenvalue weighted by Gasteiger charge is 2.12. The van der Waals surface area contributed by atoms with Crippen molar-refractivity contribution in [2.45, 2.75) is 12.8 Å². The van der Waals surface area contributed by atoms with Crippen LogP contribution in [-0.4, -0.2) is 12.6 Å². The monoisotopic (exact) mass is 231 g/mol. The molecular formula is C12H13N3O2. The molecule has 0 aliphatic carbocycles. The molecule has 1 aromatic carbocycles. The molecule has 0 saturated carbocycles. The second-order valence-electron chi connectivity index (χ2n) is 3.39. The van der Waals surface area contributed by atoms with E-state index in [0.29, 0.717) is 5.69 Å².